The molecule has 1 aromatic heterocycles. The third kappa shape index (κ3) is 4.17. The van der Waals surface area contributed by atoms with Gasteiger partial charge in [-0.15, -0.1) is 0 Å². The quantitative estimate of drug-likeness (QED) is 0.730. The average molecular weight is 446 g/mol. The molecule has 2 N–H and O–H groups in total. The first-order valence-electron chi connectivity index (χ1n) is 10.6. The van der Waals surface area contributed by atoms with Crippen molar-refractivity contribution in [3.63, 3.8) is 0 Å². The maximum Gasteiger partial charge on any atom is 0.243 e. The summed E-state index contributed by atoms with van der Waals surface area (Å²) in [6, 6.07) is 5.22. The van der Waals surface area contributed by atoms with Crippen molar-refractivity contribution >= 4 is 34.8 Å². The molecule has 3 aliphatic rings. The summed E-state index contributed by atoms with van der Waals surface area (Å²) in [5.41, 5.74) is 1.69. The molecule has 0 spiro atoms. The highest BCUT2D eigenvalue weighted by atomic mass is 35.5. The van der Waals surface area contributed by atoms with E-state index in [4.69, 9.17) is 11.6 Å². The Morgan fingerprint density at radius 2 is 1.94 bits per heavy atom. The molecule has 1 aromatic carbocycles. The number of fused-ring (bicyclic) bond motifs is 1. The van der Waals surface area contributed by atoms with Crippen LogP contribution in [-0.4, -0.2) is 78.0 Å². The zero-order chi connectivity index (χ0) is 21.4. The Morgan fingerprint density at radius 1 is 1.13 bits per heavy atom. The van der Waals surface area contributed by atoms with Crippen LogP contribution < -0.4 is 15.5 Å². The van der Waals surface area contributed by atoms with Crippen LogP contribution >= 0.6 is 11.6 Å². The molecule has 1 atom stereocenters. The number of hydrogen-bond donors (Lipinski definition) is 2. The summed E-state index contributed by atoms with van der Waals surface area (Å²) in [6.07, 6.45) is 2.75. The summed E-state index contributed by atoms with van der Waals surface area (Å²) in [5, 5.41) is 6.10. The fourth-order valence-electron chi connectivity index (χ4n) is 4.42. The van der Waals surface area contributed by atoms with Crippen molar-refractivity contribution in [1.82, 2.24) is 19.8 Å². The number of carbonyl (C=O) groups is 1. The number of halogens is 2. The van der Waals surface area contributed by atoms with Gasteiger partial charge in [0.15, 0.2) is 11.6 Å². The average Bonchev–Trinajstić information content (AvgIpc) is 2.75. The molecule has 1 unspecified atom stereocenters. The van der Waals surface area contributed by atoms with Gasteiger partial charge in [-0.1, -0.05) is 17.7 Å². The highest BCUT2D eigenvalue weighted by Crippen LogP contribution is 2.33. The third-order valence-electron chi connectivity index (χ3n) is 6.27. The van der Waals surface area contributed by atoms with E-state index >= 15 is 0 Å². The van der Waals surface area contributed by atoms with Gasteiger partial charge in [-0.25, -0.2) is 14.4 Å². The first-order chi connectivity index (χ1) is 15.1. The number of hydrogen-bond acceptors (Lipinski definition) is 7. The molecule has 164 valence electrons. The largest absolute Gasteiger partial charge is 0.359 e. The standard InChI is InChI=1S/C21H25ClFN7O/c22-15-10-14(2-3-16(15)23)17(12-28-4-1-5-28)29-6-8-30(9-7-29)21-19-20(25-13-26-21)24-11-18(31)27-19/h2-3,10,13,17H,1,4-9,11-12H2,(H,27,31)(H,24,25,26). The van der Waals surface area contributed by atoms with Gasteiger partial charge in [0.1, 0.15) is 17.8 Å². The maximum absolute atomic E-state index is 13.7. The minimum atomic E-state index is -0.387. The molecule has 0 aliphatic carbocycles. The molecule has 31 heavy (non-hydrogen) atoms. The van der Waals surface area contributed by atoms with Gasteiger partial charge in [0.05, 0.1) is 11.6 Å². The smallest absolute Gasteiger partial charge is 0.243 e. The van der Waals surface area contributed by atoms with E-state index in [2.05, 4.69) is 35.3 Å². The third-order valence-corrected chi connectivity index (χ3v) is 6.56. The topological polar surface area (TPSA) is 76.6 Å². The number of likely N-dealkylation sites (tertiary alicyclic amines) is 1. The summed E-state index contributed by atoms with van der Waals surface area (Å²) in [7, 11) is 0. The lowest BCUT2D eigenvalue weighted by Crippen LogP contribution is -2.51. The number of nitrogens with zero attached hydrogens (tertiary/aromatic N) is 5. The van der Waals surface area contributed by atoms with E-state index in [1.54, 1.807) is 6.07 Å². The monoisotopic (exact) mass is 445 g/mol. The Balaban J connectivity index is 1.33. The van der Waals surface area contributed by atoms with Gasteiger partial charge in [0.2, 0.25) is 5.91 Å². The second-order valence-electron chi connectivity index (χ2n) is 8.19. The highest BCUT2D eigenvalue weighted by Gasteiger charge is 2.31. The molecule has 8 nitrogen and oxygen atoms in total. The minimum Gasteiger partial charge on any atom is -0.359 e. The van der Waals surface area contributed by atoms with E-state index in [-0.39, 0.29) is 29.3 Å². The maximum atomic E-state index is 13.7. The lowest BCUT2D eigenvalue weighted by atomic mass is 10.0. The van der Waals surface area contributed by atoms with Crippen molar-refractivity contribution in [2.75, 3.05) is 67.9 Å². The number of amides is 1. The predicted octanol–water partition coefficient (Wildman–Crippen LogP) is 2.20. The van der Waals surface area contributed by atoms with E-state index in [9.17, 15) is 9.18 Å². The molecule has 0 saturated carbocycles. The Labute approximate surface area is 185 Å². The number of anilines is 3. The van der Waals surface area contributed by atoms with Gasteiger partial charge < -0.3 is 20.4 Å². The first-order valence-corrected chi connectivity index (χ1v) is 11.0. The van der Waals surface area contributed by atoms with Crippen molar-refractivity contribution in [2.24, 2.45) is 0 Å². The molecule has 2 fully saturated rings. The van der Waals surface area contributed by atoms with Crippen LogP contribution in [0.1, 0.15) is 18.0 Å². The van der Waals surface area contributed by atoms with Crippen LogP contribution in [0.15, 0.2) is 24.5 Å². The van der Waals surface area contributed by atoms with Crippen molar-refractivity contribution in [1.29, 1.82) is 0 Å². The van der Waals surface area contributed by atoms with E-state index < -0.39 is 0 Å². The molecular weight excluding hydrogens is 421 g/mol. The van der Waals surface area contributed by atoms with Crippen LogP contribution in [0.25, 0.3) is 0 Å². The van der Waals surface area contributed by atoms with Crippen LogP contribution in [0.2, 0.25) is 5.02 Å². The number of nitrogens with one attached hydrogen (secondary N) is 2. The molecule has 10 heteroatoms. The fourth-order valence-corrected chi connectivity index (χ4v) is 4.61. The lowest BCUT2D eigenvalue weighted by molar-refractivity contribution is -0.114. The Hall–Kier alpha value is -2.49. The molecule has 5 rings (SSSR count). The molecule has 3 aliphatic heterocycles. The first kappa shape index (κ1) is 20.4. The number of carbonyl (C=O) groups excluding carboxylic acids is 1. The highest BCUT2D eigenvalue weighted by molar-refractivity contribution is 6.30. The van der Waals surface area contributed by atoms with Crippen LogP contribution in [0.3, 0.4) is 0 Å². The minimum absolute atomic E-state index is 0.0926. The molecule has 0 radical (unpaired) electrons. The van der Waals surface area contributed by atoms with Crippen LogP contribution in [0, 0.1) is 5.82 Å². The number of benzene rings is 1. The summed E-state index contributed by atoms with van der Waals surface area (Å²) in [4.78, 5) is 27.6. The Bertz CT molecular complexity index is 978. The van der Waals surface area contributed by atoms with Crippen molar-refractivity contribution in [2.45, 2.75) is 12.5 Å². The van der Waals surface area contributed by atoms with E-state index in [1.807, 2.05) is 6.07 Å². The number of rotatable bonds is 5. The molecular formula is C21H25ClFN7O. The van der Waals surface area contributed by atoms with E-state index in [0.717, 1.165) is 57.2 Å². The Kier molecular flexibility index (Phi) is 5.64. The van der Waals surface area contributed by atoms with Crippen LogP contribution in [0.5, 0.6) is 0 Å². The second kappa shape index (κ2) is 8.57. The zero-order valence-corrected chi connectivity index (χ0v) is 17.9. The van der Waals surface area contributed by atoms with Crippen LogP contribution in [-0.2, 0) is 4.79 Å². The van der Waals surface area contributed by atoms with Gasteiger partial charge in [0, 0.05) is 38.8 Å². The normalized spacial score (nSPS) is 20.5. The summed E-state index contributed by atoms with van der Waals surface area (Å²) in [6.45, 7) is 6.52. The molecule has 4 heterocycles. The SMILES string of the molecule is O=C1CNc2ncnc(N3CCN(C(CN4CCC4)c4ccc(F)c(Cl)c4)CC3)c2N1. The van der Waals surface area contributed by atoms with Crippen molar-refractivity contribution in [3.8, 4) is 0 Å². The van der Waals surface area contributed by atoms with Crippen molar-refractivity contribution in [3.05, 3.63) is 40.9 Å². The van der Waals surface area contributed by atoms with Crippen LogP contribution in [0.4, 0.5) is 21.7 Å². The number of aromatic nitrogens is 2. The molecule has 2 aromatic rings. The van der Waals surface area contributed by atoms with Gasteiger partial charge in [0.25, 0.3) is 0 Å². The lowest BCUT2D eigenvalue weighted by Gasteiger charge is -2.43. The van der Waals surface area contributed by atoms with Gasteiger partial charge in [-0.3, -0.25) is 9.69 Å². The van der Waals surface area contributed by atoms with Gasteiger partial charge in [-0.2, -0.15) is 0 Å². The van der Waals surface area contributed by atoms with E-state index in [1.165, 1.54) is 18.8 Å². The number of piperazine rings is 1. The van der Waals surface area contributed by atoms with Gasteiger partial charge in [-0.05, 0) is 37.2 Å². The van der Waals surface area contributed by atoms with E-state index in [0.29, 0.717) is 11.5 Å². The summed E-state index contributed by atoms with van der Waals surface area (Å²) in [5.74, 6) is 0.921. The molecule has 0 bridgehead atoms. The Morgan fingerprint density at radius 3 is 2.65 bits per heavy atom. The molecule has 1 amide bonds. The summed E-state index contributed by atoms with van der Waals surface area (Å²) < 4.78 is 13.7. The zero-order valence-electron chi connectivity index (χ0n) is 17.2. The molecule has 2 saturated heterocycles. The second-order valence-corrected chi connectivity index (χ2v) is 8.60. The fraction of sp³-hybridized carbons (Fsp3) is 0.476. The summed E-state index contributed by atoms with van der Waals surface area (Å²) >= 11 is 6.09. The predicted molar refractivity (Wildman–Crippen MR) is 118 cm³/mol. The van der Waals surface area contributed by atoms with Gasteiger partial charge >= 0.3 is 0 Å². The van der Waals surface area contributed by atoms with Crippen molar-refractivity contribution < 1.29 is 9.18 Å².